The SMILES string of the molecule is CCCCC/C=C/C/C=C/C/C=C/CCCCC(=O)O[C@H](COC(=O)CCCCCCCCCCCCCCCCCC)COP(=O)(O)O. The molecule has 0 amide bonds. The molecule has 0 rings (SSSR count). The van der Waals surface area contributed by atoms with E-state index in [2.05, 4.69) is 54.8 Å². The number of carbonyl (C=O) groups is 2. The van der Waals surface area contributed by atoms with E-state index in [1.165, 1.54) is 103 Å². The first kappa shape index (κ1) is 47.3. The lowest BCUT2D eigenvalue weighted by Gasteiger charge is -2.18. The first-order valence-corrected chi connectivity index (χ1v) is 21.3. The van der Waals surface area contributed by atoms with Gasteiger partial charge in [0.25, 0.3) is 0 Å². The van der Waals surface area contributed by atoms with Crippen molar-refractivity contribution in [3.8, 4) is 0 Å². The van der Waals surface area contributed by atoms with Crippen molar-refractivity contribution in [3.63, 3.8) is 0 Å². The molecule has 0 saturated heterocycles. The first-order chi connectivity index (χ1) is 23.8. The van der Waals surface area contributed by atoms with E-state index >= 15 is 0 Å². The minimum absolute atomic E-state index is 0.165. The maximum Gasteiger partial charge on any atom is 0.469 e. The monoisotopic (exact) mass is 713 g/mol. The largest absolute Gasteiger partial charge is 0.469 e. The Bertz CT molecular complexity index is 895. The van der Waals surface area contributed by atoms with Crippen molar-refractivity contribution in [3.05, 3.63) is 36.5 Å². The molecule has 0 spiro atoms. The number of phosphoric acid groups is 1. The summed E-state index contributed by atoms with van der Waals surface area (Å²) in [7, 11) is -4.76. The summed E-state index contributed by atoms with van der Waals surface area (Å²) in [5.74, 6) is -0.925. The average molecular weight is 713 g/mol. The third kappa shape index (κ3) is 38.9. The fraction of sp³-hybridized carbons (Fsp3) is 0.800. The number of ether oxygens (including phenoxy) is 2. The van der Waals surface area contributed by atoms with Crippen molar-refractivity contribution >= 4 is 19.8 Å². The molecule has 9 heteroatoms. The molecule has 0 aliphatic heterocycles. The Morgan fingerprint density at radius 3 is 1.41 bits per heavy atom. The molecule has 0 aromatic carbocycles. The molecule has 0 heterocycles. The number of hydrogen-bond acceptors (Lipinski definition) is 6. The molecule has 1 atom stereocenters. The van der Waals surface area contributed by atoms with Crippen LogP contribution in [0.15, 0.2) is 36.5 Å². The molecule has 49 heavy (non-hydrogen) atoms. The van der Waals surface area contributed by atoms with Gasteiger partial charge < -0.3 is 19.3 Å². The third-order valence-electron chi connectivity index (χ3n) is 8.41. The molecule has 0 aromatic heterocycles. The summed E-state index contributed by atoms with van der Waals surface area (Å²) in [5, 5.41) is 0. The molecule has 0 radical (unpaired) electrons. The lowest BCUT2D eigenvalue weighted by atomic mass is 10.0. The van der Waals surface area contributed by atoms with Crippen molar-refractivity contribution in [2.45, 2.75) is 193 Å². The van der Waals surface area contributed by atoms with E-state index < -0.39 is 32.5 Å². The highest BCUT2D eigenvalue weighted by Crippen LogP contribution is 2.36. The second-order valence-corrected chi connectivity index (χ2v) is 14.5. The number of esters is 2. The van der Waals surface area contributed by atoms with Gasteiger partial charge in [-0.15, -0.1) is 0 Å². The molecule has 2 N–H and O–H groups in total. The van der Waals surface area contributed by atoms with E-state index in [4.69, 9.17) is 19.3 Å². The zero-order valence-electron chi connectivity index (χ0n) is 31.3. The van der Waals surface area contributed by atoms with Crippen LogP contribution in [0.2, 0.25) is 0 Å². The van der Waals surface area contributed by atoms with Gasteiger partial charge in [-0.3, -0.25) is 14.1 Å². The molecule has 0 aliphatic rings. The number of phosphoric ester groups is 1. The van der Waals surface area contributed by atoms with E-state index in [0.717, 1.165) is 51.4 Å². The Morgan fingerprint density at radius 1 is 0.531 bits per heavy atom. The Labute approximate surface area is 300 Å². The maximum absolute atomic E-state index is 12.3. The number of hydrogen-bond donors (Lipinski definition) is 2. The van der Waals surface area contributed by atoms with Gasteiger partial charge in [-0.1, -0.05) is 159 Å². The van der Waals surface area contributed by atoms with Crippen LogP contribution in [-0.2, 0) is 28.2 Å². The van der Waals surface area contributed by atoms with Gasteiger partial charge in [0.05, 0.1) is 6.61 Å². The van der Waals surface area contributed by atoms with Crippen LogP contribution in [0, 0.1) is 0 Å². The molecule has 0 unspecified atom stereocenters. The van der Waals surface area contributed by atoms with E-state index in [0.29, 0.717) is 6.42 Å². The number of unbranched alkanes of at least 4 members (excludes halogenated alkanes) is 20. The summed E-state index contributed by atoms with van der Waals surface area (Å²) in [6.07, 6.45) is 41.5. The van der Waals surface area contributed by atoms with Gasteiger partial charge in [0.1, 0.15) is 6.61 Å². The quantitative estimate of drug-likeness (QED) is 0.0285. The van der Waals surface area contributed by atoms with Crippen LogP contribution in [-0.4, -0.2) is 41.0 Å². The van der Waals surface area contributed by atoms with Crippen LogP contribution < -0.4 is 0 Å². The molecule has 286 valence electrons. The highest BCUT2D eigenvalue weighted by molar-refractivity contribution is 7.46. The fourth-order valence-corrected chi connectivity index (χ4v) is 5.80. The van der Waals surface area contributed by atoms with Crippen molar-refractivity contribution in [1.29, 1.82) is 0 Å². The van der Waals surface area contributed by atoms with Gasteiger partial charge in [-0.05, 0) is 51.4 Å². The molecule has 0 saturated carbocycles. The molecule has 0 aromatic rings. The highest BCUT2D eigenvalue weighted by atomic mass is 31.2. The van der Waals surface area contributed by atoms with Crippen LogP contribution in [0.3, 0.4) is 0 Å². The van der Waals surface area contributed by atoms with E-state index in [1.54, 1.807) is 0 Å². The Kier molecular flexibility index (Phi) is 34.8. The summed E-state index contributed by atoms with van der Waals surface area (Å²) in [6.45, 7) is 3.63. The van der Waals surface area contributed by atoms with Gasteiger partial charge >= 0.3 is 19.8 Å². The number of allylic oxidation sites excluding steroid dienone is 6. The normalized spacial score (nSPS) is 12.8. The molecular formula is C40H73O8P. The molecule has 0 aliphatic carbocycles. The summed E-state index contributed by atoms with van der Waals surface area (Å²) in [5.41, 5.74) is 0. The number of rotatable bonds is 36. The van der Waals surface area contributed by atoms with Crippen molar-refractivity contribution < 1.29 is 37.9 Å². The summed E-state index contributed by atoms with van der Waals surface area (Å²) < 4.78 is 26.3. The zero-order chi connectivity index (χ0) is 36.1. The second kappa shape index (κ2) is 36.1. The van der Waals surface area contributed by atoms with Crippen LogP contribution in [0.4, 0.5) is 0 Å². The van der Waals surface area contributed by atoms with Crippen LogP contribution >= 0.6 is 7.82 Å². The Morgan fingerprint density at radius 2 is 0.918 bits per heavy atom. The van der Waals surface area contributed by atoms with E-state index in [-0.39, 0.29) is 19.4 Å². The van der Waals surface area contributed by atoms with E-state index in [1.807, 2.05) is 0 Å². The second-order valence-electron chi connectivity index (χ2n) is 13.3. The lowest BCUT2D eigenvalue weighted by Crippen LogP contribution is -2.29. The first-order valence-electron chi connectivity index (χ1n) is 19.8. The predicted molar refractivity (Wildman–Crippen MR) is 202 cm³/mol. The molecule has 8 nitrogen and oxygen atoms in total. The fourth-order valence-electron chi connectivity index (χ4n) is 5.44. The topological polar surface area (TPSA) is 119 Å². The van der Waals surface area contributed by atoms with Crippen LogP contribution in [0.25, 0.3) is 0 Å². The van der Waals surface area contributed by atoms with Gasteiger partial charge in [-0.25, -0.2) is 4.57 Å². The van der Waals surface area contributed by atoms with Gasteiger partial charge in [0.2, 0.25) is 0 Å². The summed E-state index contributed by atoms with van der Waals surface area (Å²) >= 11 is 0. The van der Waals surface area contributed by atoms with Gasteiger partial charge in [0, 0.05) is 12.8 Å². The zero-order valence-corrected chi connectivity index (χ0v) is 32.2. The van der Waals surface area contributed by atoms with Crippen LogP contribution in [0.5, 0.6) is 0 Å². The van der Waals surface area contributed by atoms with Crippen molar-refractivity contribution in [2.24, 2.45) is 0 Å². The predicted octanol–water partition coefficient (Wildman–Crippen LogP) is 11.8. The number of carbonyl (C=O) groups excluding carboxylic acids is 2. The minimum Gasteiger partial charge on any atom is -0.462 e. The third-order valence-corrected chi connectivity index (χ3v) is 8.90. The minimum atomic E-state index is -4.76. The Balaban J connectivity index is 3.99. The molecule has 0 fully saturated rings. The Hall–Kier alpha value is -1.73. The van der Waals surface area contributed by atoms with Gasteiger partial charge in [0.15, 0.2) is 6.10 Å². The standard InChI is InChI=1S/C40H73O8P/c1-3-5-7-9-11-13-15-17-19-21-22-24-26-28-30-32-34-39(41)46-36-38(37-47-49(43,44)45)48-40(42)35-33-31-29-27-25-23-20-18-16-14-12-10-8-6-4-2/h12,14,18,20,25,27,38H,3-11,13,15-17,19,21-24,26,28-37H2,1-2H3,(H2,43,44,45)/b14-12+,20-18+,27-25+/t38-/m1/s1. The van der Waals surface area contributed by atoms with Crippen molar-refractivity contribution in [2.75, 3.05) is 13.2 Å². The average Bonchev–Trinajstić information content (AvgIpc) is 3.07. The van der Waals surface area contributed by atoms with E-state index in [9.17, 15) is 14.2 Å². The van der Waals surface area contributed by atoms with Gasteiger partial charge in [-0.2, -0.15) is 0 Å². The smallest absolute Gasteiger partial charge is 0.462 e. The lowest BCUT2D eigenvalue weighted by molar-refractivity contribution is -0.161. The molecular weight excluding hydrogens is 639 g/mol. The summed E-state index contributed by atoms with van der Waals surface area (Å²) in [4.78, 5) is 42.7. The van der Waals surface area contributed by atoms with Crippen LogP contribution in [0.1, 0.15) is 187 Å². The highest BCUT2D eigenvalue weighted by Gasteiger charge is 2.22. The van der Waals surface area contributed by atoms with Crippen molar-refractivity contribution in [1.82, 2.24) is 0 Å². The maximum atomic E-state index is 12.3. The summed E-state index contributed by atoms with van der Waals surface area (Å²) in [6, 6.07) is 0. The molecule has 0 bridgehead atoms.